The molecule has 1 unspecified atom stereocenters. The number of hydrogen-bond acceptors (Lipinski definition) is 3. The van der Waals surface area contributed by atoms with E-state index in [0.717, 1.165) is 15.6 Å². The minimum Gasteiger partial charge on any atom is -0.387 e. The Balaban J connectivity index is 2.61. The number of aliphatic hydroxyl groups excluding tert-OH is 1. The van der Waals surface area contributed by atoms with E-state index in [1.165, 1.54) is 0 Å². The van der Waals surface area contributed by atoms with Crippen LogP contribution < -0.4 is 5.73 Å². The first-order valence-electron chi connectivity index (χ1n) is 4.23. The zero-order chi connectivity index (χ0) is 10.1. The van der Waals surface area contributed by atoms with E-state index in [1.54, 1.807) is 10.7 Å². The van der Waals surface area contributed by atoms with Crippen LogP contribution in [0.2, 0.25) is 0 Å². The molecule has 0 saturated carbocycles. The molecular formula is C9H10BrN3O. The van der Waals surface area contributed by atoms with E-state index in [1.807, 2.05) is 18.3 Å². The summed E-state index contributed by atoms with van der Waals surface area (Å²) >= 11 is 3.37. The summed E-state index contributed by atoms with van der Waals surface area (Å²) in [6.45, 7) is 0.202. The lowest BCUT2D eigenvalue weighted by atomic mass is 10.1. The van der Waals surface area contributed by atoms with Crippen molar-refractivity contribution < 1.29 is 5.11 Å². The highest BCUT2D eigenvalue weighted by atomic mass is 79.9. The van der Waals surface area contributed by atoms with E-state index < -0.39 is 6.10 Å². The van der Waals surface area contributed by atoms with Crippen LogP contribution in [0, 0.1) is 0 Å². The van der Waals surface area contributed by atoms with Crippen LogP contribution in [0.3, 0.4) is 0 Å². The first kappa shape index (κ1) is 9.64. The van der Waals surface area contributed by atoms with Gasteiger partial charge in [-0.3, -0.25) is 0 Å². The van der Waals surface area contributed by atoms with Crippen LogP contribution >= 0.6 is 15.9 Å². The normalized spacial score (nSPS) is 13.4. The van der Waals surface area contributed by atoms with Gasteiger partial charge in [0.15, 0.2) is 0 Å². The molecule has 0 amide bonds. The lowest BCUT2D eigenvalue weighted by Gasteiger charge is -2.05. The Morgan fingerprint density at radius 2 is 2.43 bits per heavy atom. The maximum atomic E-state index is 9.61. The van der Waals surface area contributed by atoms with Crippen LogP contribution in [0.25, 0.3) is 5.52 Å². The molecule has 2 rings (SSSR count). The number of fused-ring (bicyclic) bond motifs is 1. The monoisotopic (exact) mass is 255 g/mol. The van der Waals surface area contributed by atoms with Crippen molar-refractivity contribution in [1.29, 1.82) is 0 Å². The lowest BCUT2D eigenvalue weighted by molar-refractivity contribution is 0.188. The van der Waals surface area contributed by atoms with Gasteiger partial charge in [-0.15, -0.1) is 0 Å². The minimum absolute atomic E-state index is 0.202. The van der Waals surface area contributed by atoms with Gasteiger partial charge in [0, 0.05) is 22.8 Å². The van der Waals surface area contributed by atoms with Crippen LogP contribution in [0.4, 0.5) is 0 Å². The second-order valence-electron chi connectivity index (χ2n) is 3.03. The van der Waals surface area contributed by atoms with Gasteiger partial charge in [-0.1, -0.05) is 15.9 Å². The highest BCUT2D eigenvalue weighted by molar-refractivity contribution is 9.10. The van der Waals surface area contributed by atoms with Crippen LogP contribution in [-0.4, -0.2) is 21.3 Å². The summed E-state index contributed by atoms with van der Waals surface area (Å²) < 4.78 is 2.66. The zero-order valence-electron chi connectivity index (χ0n) is 7.39. The maximum Gasteiger partial charge on any atom is 0.0948 e. The number of nitrogens with zero attached hydrogens (tertiary/aromatic N) is 2. The third-order valence-corrected chi connectivity index (χ3v) is 2.59. The van der Waals surface area contributed by atoms with Gasteiger partial charge in [0.1, 0.15) is 0 Å². The Bertz CT molecular complexity index is 454. The van der Waals surface area contributed by atoms with Gasteiger partial charge >= 0.3 is 0 Å². The van der Waals surface area contributed by atoms with Crippen molar-refractivity contribution in [1.82, 2.24) is 9.61 Å². The maximum absolute atomic E-state index is 9.61. The number of halogens is 1. The Morgan fingerprint density at radius 3 is 3.14 bits per heavy atom. The smallest absolute Gasteiger partial charge is 0.0948 e. The molecule has 2 aromatic heterocycles. The fraction of sp³-hybridized carbons (Fsp3) is 0.222. The summed E-state index contributed by atoms with van der Waals surface area (Å²) in [7, 11) is 0. The largest absolute Gasteiger partial charge is 0.387 e. The Kier molecular flexibility index (Phi) is 2.54. The molecule has 0 aliphatic rings. The highest BCUT2D eigenvalue weighted by Crippen LogP contribution is 2.21. The van der Waals surface area contributed by atoms with E-state index in [4.69, 9.17) is 5.73 Å². The number of aliphatic hydroxyl groups is 1. The minimum atomic E-state index is -0.651. The molecule has 14 heavy (non-hydrogen) atoms. The predicted molar refractivity (Wildman–Crippen MR) is 56.9 cm³/mol. The molecule has 0 aliphatic heterocycles. The SMILES string of the molecule is NCC(O)c1cnn2ccc(Br)cc12. The van der Waals surface area contributed by atoms with Gasteiger partial charge in [0.05, 0.1) is 17.8 Å². The van der Waals surface area contributed by atoms with Gasteiger partial charge in [-0.25, -0.2) is 4.52 Å². The summed E-state index contributed by atoms with van der Waals surface area (Å²) in [5, 5.41) is 13.7. The molecule has 2 aromatic rings. The predicted octanol–water partition coefficient (Wildman–Crippen LogP) is 1.09. The van der Waals surface area contributed by atoms with Crippen molar-refractivity contribution in [2.24, 2.45) is 5.73 Å². The third kappa shape index (κ3) is 1.54. The number of nitrogens with two attached hydrogens (primary N) is 1. The first-order valence-corrected chi connectivity index (χ1v) is 5.02. The number of aromatic nitrogens is 2. The standard InChI is InChI=1S/C9H10BrN3O/c10-6-1-2-13-8(3-6)7(5-12-13)9(14)4-11/h1-3,5,9,14H,4,11H2. The molecule has 0 aromatic carbocycles. The van der Waals surface area contributed by atoms with Crippen LogP contribution in [0.1, 0.15) is 11.7 Å². The van der Waals surface area contributed by atoms with Crippen LogP contribution in [-0.2, 0) is 0 Å². The summed E-state index contributed by atoms with van der Waals surface area (Å²) in [4.78, 5) is 0. The molecular weight excluding hydrogens is 246 g/mol. The lowest BCUT2D eigenvalue weighted by Crippen LogP contribution is -2.11. The molecule has 0 bridgehead atoms. The molecule has 0 spiro atoms. The number of hydrogen-bond donors (Lipinski definition) is 2. The molecule has 2 heterocycles. The molecule has 74 valence electrons. The van der Waals surface area contributed by atoms with E-state index >= 15 is 0 Å². The van der Waals surface area contributed by atoms with Crippen LogP contribution in [0.5, 0.6) is 0 Å². The van der Waals surface area contributed by atoms with Gasteiger partial charge in [-0.05, 0) is 12.1 Å². The van der Waals surface area contributed by atoms with Gasteiger partial charge in [-0.2, -0.15) is 5.10 Å². The summed E-state index contributed by atoms with van der Waals surface area (Å²) in [5.41, 5.74) is 7.02. The van der Waals surface area contributed by atoms with Crippen molar-refractivity contribution in [3.05, 3.63) is 34.6 Å². The van der Waals surface area contributed by atoms with Crippen molar-refractivity contribution in [2.75, 3.05) is 6.54 Å². The quantitative estimate of drug-likeness (QED) is 0.845. The van der Waals surface area contributed by atoms with Crippen LogP contribution in [0.15, 0.2) is 29.0 Å². The Hall–Kier alpha value is -0.910. The Labute approximate surface area is 89.5 Å². The van der Waals surface area contributed by atoms with E-state index in [9.17, 15) is 5.11 Å². The van der Waals surface area contributed by atoms with Crippen molar-refractivity contribution in [3.8, 4) is 0 Å². The van der Waals surface area contributed by atoms with Gasteiger partial charge in [0.2, 0.25) is 0 Å². The second-order valence-corrected chi connectivity index (χ2v) is 3.94. The molecule has 0 saturated heterocycles. The second kappa shape index (κ2) is 3.68. The van der Waals surface area contributed by atoms with Crippen molar-refractivity contribution in [3.63, 3.8) is 0 Å². The number of rotatable bonds is 2. The van der Waals surface area contributed by atoms with E-state index in [0.29, 0.717) is 0 Å². The van der Waals surface area contributed by atoms with E-state index in [2.05, 4.69) is 21.0 Å². The molecule has 3 N–H and O–H groups in total. The van der Waals surface area contributed by atoms with Crippen molar-refractivity contribution >= 4 is 21.4 Å². The Morgan fingerprint density at radius 1 is 1.64 bits per heavy atom. The summed E-state index contributed by atoms with van der Waals surface area (Å²) in [5.74, 6) is 0. The molecule has 1 atom stereocenters. The molecule has 0 fully saturated rings. The summed E-state index contributed by atoms with van der Waals surface area (Å²) in [6.07, 6.45) is 2.81. The average molecular weight is 256 g/mol. The zero-order valence-corrected chi connectivity index (χ0v) is 8.98. The fourth-order valence-electron chi connectivity index (χ4n) is 1.36. The molecule has 4 nitrogen and oxygen atoms in total. The van der Waals surface area contributed by atoms with Crippen molar-refractivity contribution in [2.45, 2.75) is 6.10 Å². The molecule has 5 heteroatoms. The van der Waals surface area contributed by atoms with E-state index in [-0.39, 0.29) is 6.54 Å². The topological polar surface area (TPSA) is 63.5 Å². The highest BCUT2D eigenvalue weighted by Gasteiger charge is 2.11. The first-order chi connectivity index (χ1) is 6.72. The summed E-state index contributed by atoms with van der Waals surface area (Å²) in [6, 6.07) is 3.79. The average Bonchev–Trinajstić information content (AvgIpc) is 2.59. The third-order valence-electron chi connectivity index (χ3n) is 2.10. The molecule has 0 aliphatic carbocycles. The van der Waals surface area contributed by atoms with Gasteiger partial charge in [0.25, 0.3) is 0 Å². The molecule has 0 radical (unpaired) electrons. The number of pyridine rings is 1. The fourth-order valence-corrected chi connectivity index (χ4v) is 1.69. The van der Waals surface area contributed by atoms with Gasteiger partial charge < -0.3 is 10.8 Å².